The summed E-state index contributed by atoms with van der Waals surface area (Å²) >= 11 is 0. The van der Waals surface area contributed by atoms with Gasteiger partial charge in [0.15, 0.2) is 0 Å². The van der Waals surface area contributed by atoms with Crippen LogP contribution < -0.4 is 10.2 Å². The Hall–Kier alpha value is -3.51. The van der Waals surface area contributed by atoms with Gasteiger partial charge in [-0.15, -0.1) is 0 Å². The normalized spacial score (nSPS) is 20.9. The monoisotopic (exact) mass is 488 g/mol. The van der Waals surface area contributed by atoms with E-state index < -0.39 is 17.8 Å². The lowest BCUT2D eigenvalue weighted by atomic mass is 10.1. The molecule has 3 heterocycles. The van der Waals surface area contributed by atoms with Crippen molar-refractivity contribution >= 4 is 23.2 Å². The van der Waals surface area contributed by atoms with E-state index in [1.165, 1.54) is 17.1 Å². The molecule has 1 saturated carbocycles. The zero-order valence-corrected chi connectivity index (χ0v) is 18.6. The second-order valence-electron chi connectivity index (χ2n) is 8.50. The van der Waals surface area contributed by atoms with Crippen molar-refractivity contribution in [2.75, 3.05) is 30.0 Å². The average molecular weight is 488 g/mol. The van der Waals surface area contributed by atoms with E-state index in [1.807, 2.05) is 0 Å². The summed E-state index contributed by atoms with van der Waals surface area (Å²) in [4.78, 5) is 21.6. The average Bonchev–Trinajstić information content (AvgIpc) is 3.48. The molecular weight excluding hydrogens is 465 g/mol. The Morgan fingerprint density at radius 3 is 2.63 bits per heavy atom. The number of alkyl halides is 3. The van der Waals surface area contributed by atoms with Gasteiger partial charge in [0.05, 0.1) is 30.6 Å². The number of nitrogens with zero attached hydrogens (tertiary/aromatic N) is 5. The summed E-state index contributed by atoms with van der Waals surface area (Å²) in [5, 5.41) is 17.2. The minimum absolute atomic E-state index is 0.0168. The SMILES string of the molecule is O=C1COCCN1c1ccc(Nc2ncc(C(F)(F)F)c(-c3cnn(C4CCCC4O)c3)n2)cc1. The van der Waals surface area contributed by atoms with Crippen molar-refractivity contribution in [1.82, 2.24) is 19.7 Å². The molecule has 12 heteroatoms. The molecule has 184 valence electrons. The molecule has 1 saturated heterocycles. The summed E-state index contributed by atoms with van der Waals surface area (Å²) in [6.07, 6.45) is 0.472. The lowest BCUT2D eigenvalue weighted by Crippen LogP contribution is -2.41. The van der Waals surface area contributed by atoms with Crippen molar-refractivity contribution in [3.63, 3.8) is 0 Å². The van der Waals surface area contributed by atoms with Crippen LogP contribution in [0.1, 0.15) is 30.9 Å². The lowest BCUT2D eigenvalue weighted by Gasteiger charge is -2.26. The first-order valence-electron chi connectivity index (χ1n) is 11.2. The number of rotatable bonds is 5. The second-order valence-corrected chi connectivity index (χ2v) is 8.50. The van der Waals surface area contributed by atoms with E-state index in [2.05, 4.69) is 20.4 Å². The third-order valence-electron chi connectivity index (χ3n) is 6.17. The second kappa shape index (κ2) is 9.27. The first kappa shape index (κ1) is 23.2. The van der Waals surface area contributed by atoms with Crippen molar-refractivity contribution in [2.24, 2.45) is 0 Å². The topological polar surface area (TPSA) is 105 Å². The van der Waals surface area contributed by atoms with Crippen LogP contribution in [0.4, 0.5) is 30.5 Å². The van der Waals surface area contributed by atoms with Gasteiger partial charge in [-0.2, -0.15) is 18.3 Å². The van der Waals surface area contributed by atoms with Gasteiger partial charge in [0.25, 0.3) is 5.91 Å². The van der Waals surface area contributed by atoms with Crippen molar-refractivity contribution in [2.45, 2.75) is 37.6 Å². The molecule has 2 fully saturated rings. The quantitative estimate of drug-likeness (QED) is 0.566. The summed E-state index contributed by atoms with van der Waals surface area (Å²) < 4.78 is 47.8. The minimum Gasteiger partial charge on any atom is -0.391 e. The van der Waals surface area contributed by atoms with Crippen molar-refractivity contribution in [1.29, 1.82) is 0 Å². The molecule has 2 aromatic heterocycles. The van der Waals surface area contributed by atoms with Crippen LogP contribution >= 0.6 is 0 Å². The van der Waals surface area contributed by atoms with Crippen LogP contribution in [0.2, 0.25) is 0 Å². The Bertz CT molecular complexity index is 1210. The van der Waals surface area contributed by atoms with Gasteiger partial charge >= 0.3 is 6.18 Å². The minimum atomic E-state index is -4.66. The highest BCUT2D eigenvalue weighted by molar-refractivity contribution is 5.95. The number of amides is 1. The number of halogens is 3. The van der Waals surface area contributed by atoms with E-state index in [4.69, 9.17) is 4.74 Å². The van der Waals surface area contributed by atoms with E-state index in [-0.39, 0.29) is 35.8 Å². The molecule has 2 N–H and O–H groups in total. The van der Waals surface area contributed by atoms with Crippen LogP contribution in [0.25, 0.3) is 11.3 Å². The molecule has 1 aliphatic heterocycles. The number of ether oxygens (including phenoxy) is 1. The van der Waals surface area contributed by atoms with Gasteiger partial charge in [0.1, 0.15) is 12.2 Å². The smallest absolute Gasteiger partial charge is 0.391 e. The van der Waals surface area contributed by atoms with Gasteiger partial charge in [0.2, 0.25) is 5.95 Å². The largest absolute Gasteiger partial charge is 0.419 e. The fraction of sp³-hybridized carbons (Fsp3) is 0.391. The Kier molecular flexibility index (Phi) is 6.15. The summed E-state index contributed by atoms with van der Waals surface area (Å²) in [6.45, 7) is 0.922. The molecule has 1 aromatic carbocycles. The van der Waals surface area contributed by atoms with Gasteiger partial charge in [-0.3, -0.25) is 9.48 Å². The Balaban J connectivity index is 1.40. The van der Waals surface area contributed by atoms with Crippen LogP contribution in [-0.4, -0.2) is 56.6 Å². The number of hydrogen-bond donors (Lipinski definition) is 2. The number of aliphatic hydroxyl groups excluding tert-OH is 1. The van der Waals surface area contributed by atoms with Gasteiger partial charge in [-0.1, -0.05) is 0 Å². The molecule has 35 heavy (non-hydrogen) atoms. The first-order valence-corrected chi connectivity index (χ1v) is 11.2. The van der Waals surface area contributed by atoms with E-state index in [0.29, 0.717) is 37.4 Å². The van der Waals surface area contributed by atoms with Crippen LogP contribution in [-0.2, 0) is 15.7 Å². The molecule has 3 aromatic rings. The molecule has 1 amide bonds. The highest BCUT2D eigenvalue weighted by atomic mass is 19.4. The van der Waals surface area contributed by atoms with Crippen LogP contribution in [0, 0.1) is 0 Å². The van der Waals surface area contributed by atoms with Crippen LogP contribution in [0.5, 0.6) is 0 Å². The van der Waals surface area contributed by atoms with Gasteiger partial charge in [-0.05, 0) is 43.5 Å². The van der Waals surface area contributed by atoms with E-state index in [9.17, 15) is 23.1 Å². The lowest BCUT2D eigenvalue weighted by molar-refractivity contribution is -0.137. The predicted octanol–water partition coefficient (Wildman–Crippen LogP) is 3.55. The van der Waals surface area contributed by atoms with Gasteiger partial charge in [0, 0.05) is 35.9 Å². The fourth-order valence-electron chi connectivity index (χ4n) is 4.39. The van der Waals surface area contributed by atoms with Gasteiger partial charge in [-0.25, -0.2) is 9.97 Å². The molecule has 1 aliphatic carbocycles. The Labute approximate surface area is 198 Å². The predicted molar refractivity (Wildman–Crippen MR) is 120 cm³/mol. The number of carbonyl (C=O) groups excluding carboxylic acids is 1. The maximum absolute atomic E-state index is 13.7. The Morgan fingerprint density at radius 2 is 1.94 bits per heavy atom. The molecule has 2 aliphatic rings. The summed E-state index contributed by atoms with van der Waals surface area (Å²) in [7, 11) is 0. The Morgan fingerprint density at radius 1 is 1.14 bits per heavy atom. The number of morpholine rings is 1. The number of nitrogens with one attached hydrogen (secondary N) is 1. The molecule has 2 unspecified atom stereocenters. The van der Waals surface area contributed by atoms with E-state index in [1.54, 1.807) is 29.2 Å². The molecule has 0 radical (unpaired) electrons. The van der Waals surface area contributed by atoms with Crippen LogP contribution in [0.15, 0.2) is 42.9 Å². The molecule has 5 rings (SSSR count). The van der Waals surface area contributed by atoms with Crippen molar-refractivity contribution in [3.05, 3.63) is 48.4 Å². The van der Waals surface area contributed by atoms with E-state index in [0.717, 1.165) is 12.6 Å². The standard InChI is InChI=1S/C23H23F3N6O3/c24-23(25,26)17-11-27-22(29-15-4-6-16(7-5-15)31-8-9-35-13-20(31)34)30-21(17)14-10-28-32(12-14)18-2-1-3-19(18)33/h4-7,10-12,18-19,33H,1-3,8-9,13H2,(H,27,29,30). The maximum atomic E-state index is 13.7. The first-order chi connectivity index (χ1) is 16.8. The number of benzene rings is 1. The summed E-state index contributed by atoms with van der Waals surface area (Å²) in [5.74, 6) is -0.157. The third-order valence-corrected chi connectivity index (χ3v) is 6.17. The van der Waals surface area contributed by atoms with E-state index >= 15 is 0 Å². The highest BCUT2D eigenvalue weighted by Crippen LogP contribution is 2.37. The molecule has 2 atom stereocenters. The zero-order valence-electron chi connectivity index (χ0n) is 18.6. The molecule has 9 nitrogen and oxygen atoms in total. The number of aromatic nitrogens is 4. The van der Waals surface area contributed by atoms with Crippen molar-refractivity contribution in [3.8, 4) is 11.3 Å². The van der Waals surface area contributed by atoms with Crippen molar-refractivity contribution < 1.29 is 27.8 Å². The third kappa shape index (κ3) is 4.84. The zero-order chi connectivity index (χ0) is 24.6. The van der Waals surface area contributed by atoms with Gasteiger partial charge < -0.3 is 20.1 Å². The number of aliphatic hydroxyl groups is 1. The summed E-state index contributed by atoms with van der Waals surface area (Å²) in [6, 6.07) is 6.58. The summed E-state index contributed by atoms with van der Waals surface area (Å²) in [5.41, 5.74) is 0.146. The van der Waals surface area contributed by atoms with Crippen LogP contribution in [0.3, 0.4) is 0 Å². The molecular formula is C23H23F3N6O3. The maximum Gasteiger partial charge on any atom is 0.419 e. The number of hydrogen-bond acceptors (Lipinski definition) is 7. The number of carbonyl (C=O) groups is 1. The molecule has 0 spiro atoms. The number of anilines is 3. The fourth-order valence-corrected chi connectivity index (χ4v) is 4.39. The molecule has 0 bridgehead atoms. The highest BCUT2D eigenvalue weighted by Gasteiger charge is 2.36.